The molecule has 182 valence electrons. The summed E-state index contributed by atoms with van der Waals surface area (Å²) in [7, 11) is 0. The number of fused-ring (bicyclic) bond motifs is 1. The number of piperazine rings is 1. The molecule has 7 nitrogen and oxygen atoms in total. The second-order valence-electron chi connectivity index (χ2n) is 9.77. The van der Waals surface area contributed by atoms with E-state index in [0.717, 1.165) is 55.1 Å². The minimum atomic E-state index is -0.933. The molecule has 2 aromatic carbocycles. The van der Waals surface area contributed by atoms with E-state index in [0.29, 0.717) is 6.42 Å². The van der Waals surface area contributed by atoms with Gasteiger partial charge in [0, 0.05) is 57.4 Å². The van der Waals surface area contributed by atoms with E-state index < -0.39 is 6.09 Å². The highest BCUT2D eigenvalue weighted by molar-refractivity contribution is 5.94. The Labute approximate surface area is 202 Å². The van der Waals surface area contributed by atoms with Crippen LogP contribution in [0.4, 0.5) is 10.5 Å². The van der Waals surface area contributed by atoms with Crippen molar-refractivity contribution in [3.8, 4) is 11.1 Å². The standard InChI is InChI=1S/C27H36N4O3/c1-18(2)30(27(33)34)26-15-19(3)31(20(4)32)25-10-9-23(16-24(25)26)22-7-5-21(6-8-22)17-29-13-11-28-12-14-29/h5-10,16,18-19,26,28H,11-15,17H2,1-4H3,(H,33,34). The zero-order chi connectivity index (χ0) is 24.4. The first-order valence-electron chi connectivity index (χ1n) is 12.2. The maximum Gasteiger partial charge on any atom is 0.408 e. The second kappa shape index (κ2) is 10.2. The van der Waals surface area contributed by atoms with Crippen LogP contribution in [0.3, 0.4) is 0 Å². The first-order chi connectivity index (χ1) is 16.3. The molecule has 7 heteroatoms. The number of nitrogens with zero attached hydrogens (tertiary/aromatic N) is 3. The second-order valence-corrected chi connectivity index (χ2v) is 9.77. The molecule has 2 amide bonds. The highest BCUT2D eigenvalue weighted by Gasteiger charge is 2.38. The van der Waals surface area contributed by atoms with Crippen molar-refractivity contribution in [2.45, 2.75) is 58.8 Å². The number of anilines is 1. The molecule has 2 aliphatic rings. The van der Waals surface area contributed by atoms with Crippen molar-refractivity contribution in [3.63, 3.8) is 0 Å². The monoisotopic (exact) mass is 464 g/mol. The van der Waals surface area contributed by atoms with Crippen molar-refractivity contribution in [1.29, 1.82) is 0 Å². The Morgan fingerprint density at radius 1 is 1.09 bits per heavy atom. The van der Waals surface area contributed by atoms with Gasteiger partial charge in [-0.15, -0.1) is 0 Å². The highest BCUT2D eigenvalue weighted by atomic mass is 16.4. The van der Waals surface area contributed by atoms with Crippen LogP contribution in [0.5, 0.6) is 0 Å². The summed E-state index contributed by atoms with van der Waals surface area (Å²) < 4.78 is 0. The normalized spacial score (nSPS) is 20.8. The van der Waals surface area contributed by atoms with Gasteiger partial charge in [-0.25, -0.2) is 4.79 Å². The Balaban J connectivity index is 1.67. The summed E-state index contributed by atoms with van der Waals surface area (Å²) in [6, 6.07) is 14.2. The molecule has 0 saturated carbocycles. The zero-order valence-corrected chi connectivity index (χ0v) is 20.6. The fourth-order valence-corrected chi connectivity index (χ4v) is 5.40. The van der Waals surface area contributed by atoms with Gasteiger partial charge in [-0.3, -0.25) is 14.6 Å². The number of carboxylic acid groups (broad SMARTS) is 1. The number of hydrogen-bond donors (Lipinski definition) is 2. The van der Waals surface area contributed by atoms with Crippen LogP contribution in [0.1, 0.15) is 51.3 Å². The van der Waals surface area contributed by atoms with Gasteiger partial charge >= 0.3 is 6.09 Å². The van der Waals surface area contributed by atoms with Crippen LogP contribution in [-0.2, 0) is 11.3 Å². The summed E-state index contributed by atoms with van der Waals surface area (Å²) >= 11 is 0. The van der Waals surface area contributed by atoms with Gasteiger partial charge < -0.3 is 15.3 Å². The average molecular weight is 465 g/mol. The van der Waals surface area contributed by atoms with Gasteiger partial charge in [0.2, 0.25) is 5.91 Å². The lowest BCUT2D eigenvalue weighted by Crippen LogP contribution is -2.48. The summed E-state index contributed by atoms with van der Waals surface area (Å²) in [5.41, 5.74) is 5.11. The molecular weight excluding hydrogens is 428 g/mol. The molecule has 0 radical (unpaired) electrons. The van der Waals surface area contributed by atoms with Gasteiger partial charge in [0.05, 0.1) is 6.04 Å². The molecule has 34 heavy (non-hydrogen) atoms. The Morgan fingerprint density at radius 3 is 2.32 bits per heavy atom. The number of amides is 2. The SMILES string of the molecule is CC(=O)N1c2ccc(-c3ccc(CN4CCNCC4)cc3)cc2C(N(C(=O)O)C(C)C)CC1C. The molecule has 2 aliphatic heterocycles. The smallest absolute Gasteiger partial charge is 0.408 e. The first-order valence-corrected chi connectivity index (χ1v) is 12.2. The molecule has 0 aromatic heterocycles. The van der Waals surface area contributed by atoms with E-state index in [1.165, 1.54) is 10.5 Å². The van der Waals surface area contributed by atoms with Crippen molar-refractivity contribution in [2.24, 2.45) is 0 Å². The van der Waals surface area contributed by atoms with E-state index in [1.807, 2.05) is 32.9 Å². The first kappa shape index (κ1) is 24.2. The molecule has 2 unspecified atom stereocenters. The van der Waals surface area contributed by atoms with Crippen LogP contribution in [0.25, 0.3) is 11.1 Å². The lowest BCUT2D eigenvalue weighted by molar-refractivity contribution is -0.117. The van der Waals surface area contributed by atoms with Crippen LogP contribution in [-0.4, -0.2) is 65.2 Å². The van der Waals surface area contributed by atoms with E-state index in [1.54, 1.807) is 11.8 Å². The minimum Gasteiger partial charge on any atom is -0.465 e. The quantitative estimate of drug-likeness (QED) is 0.689. The molecular formula is C27H36N4O3. The van der Waals surface area contributed by atoms with Crippen molar-refractivity contribution in [1.82, 2.24) is 15.1 Å². The Morgan fingerprint density at radius 2 is 1.74 bits per heavy atom. The van der Waals surface area contributed by atoms with E-state index in [4.69, 9.17) is 0 Å². The Hall–Kier alpha value is -2.90. The maximum atomic E-state index is 12.5. The summed E-state index contributed by atoms with van der Waals surface area (Å²) in [5, 5.41) is 13.4. The molecule has 0 bridgehead atoms. The van der Waals surface area contributed by atoms with E-state index in [-0.39, 0.29) is 24.0 Å². The predicted molar refractivity (Wildman–Crippen MR) is 135 cm³/mol. The molecule has 1 fully saturated rings. The summed E-state index contributed by atoms with van der Waals surface area (Å²) in [6.07, 6.45) is -0.360. The summed E-state index contributed by atoms with van der Waals surface area (Å²) in [4.78, 5) is 30.4. The molecule has 2 atom stereocenters. The number of nitrogens with one attached hydrogen (secondary N) is 1. The Bertz CT molecular complexity index is 1030. The summed E-state index contributed by atoms with van der Waals surface area (Å²) in [6.45, 7) is 12.5. The van der Waals surface area contributed by atoms with Crippen LogP contribution < -0.4 is 10.2 Å². The van der Waals surface area contributed by atoms with Gasteiger partial charge in [-0.1, -0.05) is 30.3 Å². The number of benzene rings is 2. The number of carbonyl (C=O) groups excluding carboxylic acids is 1. The van der Waals surface area contributed by atoms with Crippen LogP contribution in [0.2, 0.25) is 0 Å². The largest absolute Gasteiger partial charge is 0.465 e. The fraction of sp³-hybridized carbons (Fsp3) is 0.481. The zero-order valence-electron chi connectivity index (χ0n) is 20.6. The number of rotatable bonds is 5. The van der Waals surface area contributed by atoms with E-state index in [2.05, 4.69) is 40.5 Å². The molecule has 2 aromatic rings. The van der Waals surface area contributed by atoms with Crippen LogP contribution >= 0.6 is 0 Å². The van der Waals surface area contributed by atoms with Gasteiger partial charge in [0.15, 0.2) is 0 Å². The molecule has 4 rings (SSSR count). The number of carbonyl (C=O) groups is 2. The van der Waals surface area contributed by atoms with Crippen LogP contribution in [0.15, 0.2) is 42.5 Å². The molecule has 2 heterocycles. The Kier molecular flexibility index (Phi) is 7.24. The van der Waals surface area contributed by atoms with Crippen molar-refractivity contribution >= 4 is 17.7 Å². The van der Waals surface area contributed by atoms with E-state index >= 15 is 0 Å². The van der Waals surface area contributed by atoms with Crippen molar-refractivity contribution in [2.75, 3.05) is 31.1 Å². The third-order valence-electron chi connectivity index (χ3n) is 7.01. The lowest BCUT2D eigenvalue weighted by atomic mass is 9.87. The average Bonchev–Trinajstić information content (AvgIpc) is 2.79. The molecule has 0 aliphatic carbocycles. The van der Waals surface area contributed by atoms with E-state index in [9.17, 15) is 14.7 Å². The lowest BCUT2D eigenvalue weighted by Gasteiger charge is -2.43. The molecule has 0 spiro atoms. The topological polar surface area (TPSA) is 76.1 Å². The van der Waals surface area contributed by atoms with Crippen LogP contribution in [0, 0.1) is 0 Å². The number of hydrogen-bond acceptors (Lipinski definition) is 4. The van der Waals surface area contributed by atoms with Gasteiger partial charge in [0.25, 0.3) is 0 Å². The molecule has 2 N–H and O–H groups in total. The summed E-state index contributed by atoms with van der Waals surface area (Å²) in [5.74, 6) is -0.0244. The van der Waals surface area contributed by atoms with Gasteiger partial charge in [0.1, 0.15) is 0 Å². The van der Waals surface area contributed by atoms with Gasteiger partial charge in [-0.2, -0.15) is 0 Å². The fourth-order valence-electron chi connectivity index (χ4n) is 5.40. The third kappa shape index (κ3) is 4.95. The van der Waals surface area contributed by atoms with Crippen molar-refractivity contribution in [3.05, 3.63) is 53.6 Å². The van der Waals surface area contributed by atoms with Crippen molar-refractivity contribution < 1.29 is 14.7 Å². The minimum absolute atomic E-state index is 0.0244. The maximum absolute atomic E-state index is 12.5. The molecule has 1 saturated heterocycles. The van der Waals surface area contributed by atoms with Gasteiger partial charge in [-0.05, 0) is 61.6 Å². The predicted octanol–water partition coefficient (Wildman–Crippen LogP) is 4.33. The highest BCUT2D eigenvalue weighted by Crippen LogP contribution is 2.43. The third-order valence-corrected chi connectivity index (χ3v) is 7.01.